The van der Waals surface area contributed by atoms with E-state index < -0.39 is 11.4 Å². The second kappa shape index (κ2) is 5.12. The van der Waals surface area contributed by atoms with Gasteiger partial charge in [-0.25, -0.2) is 0 Å². The fourth-order valence-corrected chi connectivity index (χ4v) is 3.24. The van der Waals surface area contributed by atoms with E-state index in [0.29, 0.717) is 32.4 Å². The van der Waals surface area contributed by atoms with Crippen molar-refractivity contribution in [2.24, 2.45) is 10.8 Å². The first kappa shape index (κ1) is 14.3. The summed E-state index contributed by atoms with van der Waals surface area (Å²) in [5.41, 5.74) is -0.916. The van der Waals surface area contributed by atoms with Crippen LogP contribution >= 0.6 is 0 Å². The SMILES string of the molecule is CCC1(C(=O)O)CCN(C(=O)C2(C)CCNC2)CC1. The summed E-state index contributed by atoms with van der Waals surface area (Å²) in [6.07, 6.45) is 2.67. The highest BCUT2D eigenvalue weighted by atomic mass is 16.4. The largest absolute Gasteiger partial charge is 0.481 e. The van der Waals surface area contributed by atoms with Crippen LogP contribution in [0, 0.1) is 10.8 Å². The number of carboxylic acid groups (broad SMARTS) is 1. The Morgan fingerprint density at radius 2 is 1.89 bits per heavy atom. The Morgan fingerprint density at radius 3 is 2.32 bits per heavy atom. The summed E-state index contributed by atoms with van der Waals surface area (Å²) in [5, 5.41) is 12.6. The third kappa shape index (κ3) is 2.48. The van der Waals surface area contributed by atoms with Crippen molar-refractivity contribution in [1.82, 2.24) is 10.2 Å². The summed E-state index contributed by atoms with van der Waals surface area (Å²) in [6, 6.07) is 0. The molecule has 108 valence electrons. The zero-order valence-electron chi connectivity index (χ0n) is 11.9. The number of nitrogens with one attached hydrogen (secondary N) is 1. The Balaban J connectivity index is 2.00. The van der Waals surface area contributed by atoms with Gasteiger partial charge in [0.2, 0.25) is 5.91 Å². The lowest BCUT2D eigenvalue weighted by molar-refractivity contribution is -0.156. The minimum absolute atomic E-state index is 0.188. The molecule has 2 N–H and O–H groups in total. The van der Waals surface area contributed by atoms with E-state index in [9.17, 15) is 14.7 Å². The molecule has 2 aliphatic rings. The van der Waals surface area contributed by atoms with E-state index in [4.69, 9.17) is 0 Å². The predicted molar refractivity (Wildman–Crippen MR) is 71.8 cm³/mol. The molecule has 5 nitrogen and oxygen atoms in total. The lowest BCUT2D eigenvalue weighted by Crippen LogP contribution is -2.51. The van der Waals surface area contributed by atoms with Crippen LogP contribution in [0.1, 0.15) is 39.5 Å². The highest BCUT2D eigenvalue weighted by molar-refractivity contribution is 5.83. The average molecular weight is 268 g/mol. The summed E-state index contributed by atoms with van der Waals surface area (Å²) in [7, 11) is 0. The number of rotatable bonds is 3. The molecule has 0 aromatic rings. The monoisotopic (exact) mass is 268 g/mol. The Bertz CT molecular complexity index is 367. The predicted octanol–water partition coefficient (Wildman–Crippen LogP) is 1.09. The topological polar surface area (TPSA) is 69.6 Å². The van der Waals surface area contributed by atoms with Crippen LogP contribution in [0.3, 0.4) is 0 Å². The van der Waals surface area contributed by atoms with Crippen molar-refractivity contribution in [3.63, 3.8) is 0 Å². The normalized spacial score (nSPS) is 30.3. The zero-order chi connectivity index (χ0) is 14.1. The van der Waals surface area contributed by atoms with E-state index in [1.165, 1.54) is 0 Å². The van der Waals surface area contributed by atoms with Crippen LogP contribution in [0.25, 0.3) is 0 Å². The third-order valence-corrected chi connectivity index (χ3v) is 5.02. The maximum atomic E-state index is 12.5. The van der Waals surface area contributed by atoms with Crippen LogP contribution in [0.2, 0.25) is 0 Å². The molecule has 2 heterocycles. The molecule has 1 atom stereocenters. The Labute approximate surface area is 114 Å². The summed E-state index contributed by atoms with van der Waals surface area (Å²) < 4.78 is 0. The number of likely N-dealkylation sites (tertiary alicyclic amines) is 1. The van der Waals surface area contributed by atoms with Crippen molar-refractivity contribution >= 4 is 11.9 Å². The first-order valence-electron chi connectivity index (χ1n) is 7.17. The first-order valence-corrected chi connectivity index (χ1v) is 7.17. The van der Waals surface area contributed by atoms with Gasteiger partial charge in [0, 0.05) is 19.6 Å². The van der Waals surface area contributed by atoms with Gasteiger partial charge in [0.25, 0.3) is 0 Å². The molecule has 1 unspecified atom stereocenters. The van der Waals surface area contributed by atoms with Crippen LogP contribution in [-0.2, 0) is 9.59 Å². The summed E-state index contributed by atoms with van der Waals surface area (Å²) in [4.78, 5) is 25.8. The lowest BCUT2D eigenvalue weighted by atomic mass is 9.75. The van der Waals surface area contributed by atoms with Crippen molar-refractivity contribution in [2.45, 2.75) is 39.5 Å². The molecular weight excluding hydrogens is 244 g/mol. The standard InChI is InChI=1S/C14H24N2O3/c1-3-14(12(18)19)5-8-16(9-6-14)11(17)13(2)4-7-15-10-13/h15H,3-10H2,1-2H3,(H,18,19). The quantitative estimate of drug-likeness (QED) is 0.804. The fourth-order valence-electron chi connectivity index (χ4n) is 3.24. The van der Waals surface area contributed by atoms with Crippen LogP contribution < -0.4 is 5.32 Å². The molecule has 2 rings (SSSR count). The fraction of sp³-hybridized carbons (Fsp3) is 0.857. The molecule has 1 amide bonds. The average Bonchev–Trinajstić information content (AvgIpc) is 2.86. The molecule has 0 aliphatic carbocycles. The summed E-state index contributed by atoms with van der Waals surface area (Å²) >= 11 is 0. The van der Waals surface area contributed by atoms with Gasteiger partial charge < -0.3 is 15.3 Å². The first-order chi connectivity index (χ1) is 8.93. The molecule has 0 aromatic carbocycles. The van der Waals surface area contributed by atoms with E-state index in [-0.39, 0.29) is 11.3 Å². The molecule has 0 saturated carbocycles. The number of carbonyl (C=O) groups excluding carboxylic acids is 1. The molecule has 0 bridgehead atoms. The maximum absolute atomic E-state index is 12.5. The number of hydrogen-bond donors (Lipinski definition) is 2. The third-order valence-electron chi connectivity index (χ3n) is 5.02. The van der Waals surface area contributed by atoms with Gasteiger partial charge in [-0.2, -0.15) is 0 Å². The van der Waals surface area contributed by atoms with Gasteiger partial charge in [0.1, 0.15) is 0 Å². The number of carbonyl (C=O) groups is 2. The molecule has 2 saturated heterocycles. The van der Waals surface area contributed by atoms with Crippen LogP contribution in [-0.4, -0.2) is 48.1 Å². The molecule has 0 radical (unpaired) electrons. The number of hydrogen-bond acceptors (Lipinski definition) is 3. The van der Waals surface area contributed by atoms with Gasteiger partial charge in [-0.3, -0.25) is 9.59 Å². The molecular formula is C14H24N2O3. The number of nitrogens with zero attached hydrogens (tertiary/aromatic N) is 1. The van der Waals surface area contributed by atoms with Crippen molar-refractivity contribution < 1.29 is 14.7 Å². The van der Waals surface area contributed by atoms with Gasteiger partial charge >= 0.3 is 5.97 Å². The maximum Gasteiger partial charge on any atom is 0.309 e. The van der Waals surface area contributed by atoms with Crippen molar-refractivity contribution in [2.75, 3.05) is 26.2 Å². The lowest BCUT2D eigenvalue weighted by Gasteiger charge is -2.41. The van der Waals surface area contributed by atoms with E-state index >= 15 is 0 Å². The second-order valence-electron chi connectivity index (χ2n) is 6.22. The highest BCUT2D eigenvalue weighted by Gasteiger charge is 2.44. The molecule has 19 heavy (non-hydrogen) atoms. The Hall–Kier alpha value is -1.10. The Morgan fingerprint density at radius 1 is 1.26 bits per heavy atom. The van der Waals surface area contributed by atoms with Crippen LogP contribution in [0.4, 0.5) is 0 Å². The van der Waals surface area contributed by atoms with Gasteiger partial charge in [0.05, 0.1) is 10.8 Å². The van der Waals surface area contributed by atoms with E-state index in [1.54, 1.807) is 0 Å². The van der Waals surface area contributed by atoms with Crippen LogP contribution in [0.15, 0.2) is 0 Å². The molecule has 0 aromatic heterocycles. The summed E-state index contributed by atoms with van der Waals surface area (Å²) in [6.45, 7) is 6.72. The van der Waals surface area contributed by atoms with E-state index in [1.807, 2.05) is 18.7 Å². The van der Waals surface area contributed by atoms with Crippen molar-refractivity contribution in [3.05, 3.63) is 0 Å². The van der Waals surface area contributed by atoms with Crippen LogP contribution in [0.5, 0.6) is 0 Å². The van der Waals surface area contributed by atoms with E-state index in [0.717, 1.165) is 19.5 Å². The van der Waals surface area contributed by atoms with Gasteiger partial charge in [0.15, 0.2) is 0 Å². The van der Waals surface area contributed by atoms with Gasteiger partial charge in [-0.15, -0.1) is 0 Å². The molecule has 5 heteroatoms. The van der Waals surface area contributed by atoms with Crippen molar-refractivity contribution in [1.29, 1.82) is 0 Å². The van der Waals surface area contributed by atoms with Crippen molar-refractivity contribution in [3.8, 4) is 0 Å². The number of aliphatic carboxylic acids is 1. The second-order valence-corrected chi connectivity index (χ2v) is 6.22. The Kier molecular flexibility index (Phi) is 3.85. The van der Waals surface area contributed by atoms with Gasteiger partial charge in [-0.05, 0) is 39.2 Å². The smallest absolute Gasteiger partial charge is 0.309 e. The van der Waals surface area contributed by atoms with Gasteiger partial charge in [-0.1, -0.05) is 6.92 Å². The number of carboxylic acids is 1. The summed E-state index contributed by atoms with van der Waals surface area (Å²) in [5.74, 6) is -0.525. The van der Waals surface area contributed by atoms with E-state index in [2.05, 4.69) is 5.32 Å². The number of amides is 1. The number of piperidine rings is 1. The highest BCUT2D eigenvalue weighted by Crippen LogP contribution is 2.37. The molecule has 0 spiro atoms. The molecule has 2 fully saturated rings. The molecule has 2 aliphatic heterocycles. The zero-order valence-corrected chi connectivity index (χ0v) is 11.9. The minimum atomic E-state index is -0.712. The minimum Gasteiger partial charge on any atom is -0.481 e.